The summed E-state index contributed by atoms with van der Waals surface area (Å²) < 4.78 is 2.91. The molecule has 3 nitrogen and oxygen atoms in total. The van der Waals surface area contributed by atoms with Gasteiger partial charge in [0, 0.05) is 12.1 Å². The van der Waals surface area contributed by atoms with Crippen LogP contribution >= 0.6 is 11.8 Å². The van der Waals surface area contributed by atoms with Crippen molar-refractivity contribution in [1.82, 2.24) is 0 Å². The van der Waals surface area contributed by atoms with E-state index in [0.29, 0.717) is 10.5 Å². The highest BCUT2D eigenvalue weighted by molar-refractivity contribution is 6.13. The van der Waals surface area contributed by atoms with E-state index in [1.807, 2.05) is 6.07 Å². The molecule has 1 aromatic carbocycles. The number of hydrogen-bond acceptors (Lipinski definition) is 2. The van der Waals surface area contributed by atoms with Crippen molar-refractivity contribution in [3.63, 3.8) is 0 Å². The fourth-order valence-corrected chi connectivity index (χ4v) is 0.686. The van der Waals surface area contributed by atoms with Crippen LogP contribution < -0.4 is 0 Å². The third kappa shape index (κ3) is 1.45. The fourth-order valence-electron chi connectivity index (χ4n) is 0.599. The molecule has 52 valence electrons. The van der Waals surface area contributed by atoms with Crippen LogP contribution in [0.3, 0.4) is 0 Å². The van der Waals surface area contributed by atoms with E-state index in [0.717, 1.165) is 0 Å². The molecule has 0 N–H and O–H groups in total. The molecule has 0 amide bonds. The zero-order valence-electron chi connectivity index (χ0n) is 5.07. The van der Waals surface area contributed by atoms with E-state index in [1.165, 1.54) is 0 Å². The molecule has 0 saturated carbocycles. The Morgan fingerprint density at radius 2 is 1.90 bits per heavy atom. The molecule has 0 atom stereocenters. The van der Waals surface area contributed by atoms with Crippen molar-refractivity contribution in [2.75, 3.05) is 0 Å². The fraction of sp³-hybridized carbons (Fsp3) is 0. The predicted octanol–water partition coefficient (Wildman–Crippen LogP) is 2.43. The van der Waals surface area contributed by atoms with Gasteiger partial charge in [0.2, 0.25) is 5.69 Å². The Morgan fingerprint density at radius 1 is 1.30 bits per heavy atom. The van der Waals surface area contributed by atoms with Gasteiger partial charge in [-0.3, -0.25) is 0 Å². The maximum Gasteiger partial charge on any atom is 0.246 e. The van der Waals surface area contributed by atoms with Crippen LogP contribution in [-0.4, -0.2) is 4.86 Å². The first-order valence-corrected chi connectivity index (χ1v) is 3.02. The van der Waals surface area contributed by atoms with Crippen LogP contribution in [0.4, 0.5) is 5.69 Å². The highest BCUT2D eigenvalue weighted by Crippen LogP contribution is 2.09. The Morgan fingerprint density at radius 3 is 2.40 bits per heavy atom. The van der Waals surface area contributed by atoms with Gasteiger partial charge in [0.05, 0.1) is 4.63 Å². The molecule has 0 saturated heterocycles. The third-order valence-electron chi connectivity index (χ3n) is 1.05. The highest BCUT2D eigenvalue weighted by Gasteiger charge is 1.97. The molecular weight excluding hydrogens is 152 g/mol. The average Bonchev–Trinajstić information content (AvgIpc) is 2.05. The van der Waals surface area contributed by atoms with Gasteiger partial charge in [-0.2, -0.15) is 0 Å². The molecule has 0 aromatic heterocycles. The third-order valence-corrected chi connectivity index (χ3v) is 1.18. The molecule has 10 heavy (non-hydrogen) atoms. The minimum absolute atomic E-state index is 0.349. The van der Waals surface area contributed by atoms with Crippen molar-refractivity contribution in [3.8, 4) is 0 Å². The molecule has 0 spiro atoms. The minimum atomic E-state index is 0.349. The van der Waals surface area contributed by atoms with Crippen molar-refractivity contribution in [1.29, 1.82) is 0 Å². The maximum absolute atomic E-state index is 10.6. The highest BCUT2D eigenvalue weighted by atomic mass is 35.5. The first kappa shape index (κ1) is 7.02. The normalized spacial score (nSPS) is 11.5. The summed E-state index contributed by atoms with van der Waals surface area (Å²) >= 11 is 4.92. The van der Waals surface area contributed by atoms with Crippen molar-refractivity contribution in [2.24, 2.45) is 4.63 Å². The molecule has 0 unspecified atom stereocenters. The number of hydrogen-bond donors (Lipinski definition) is 0. The average molecular weight is 157 g/mol. The summed E-state index contributed by atoms with van der Waals surface area (Å²) in [7, 11) is 0. The Labute approximate surface area is 63.3 Å². The molecule has 0 aliphatic carbocycles. The Hall–Kier alpha value is -1.09. The van der Waals surface area contributed by atoms with Gasteiger partial charge < -0.3 is 5.21 Å². The number of rotatable bonds is 1. The topological polar surface area (TPSA) is 38.4 Å². The Bertz CT molecular complexity index is 235. The Kier molecular flexibility index (Phi) is 2.23. The van der Waals surface area contributed by atoms with Crippen LogP contribution in [0.25, 0.3) is 0 Å². The van der Waals surface area contributed by atoms with Gasteiger partial charge in [-0.15, -0.1) is 0 Å². The SMILES string of the molecule is [O-]/[N+](=N\Cl)c1ccccc1. The zero-order valence-corrected chi connectivity index (χ0v) is 5.82. The predicted molar refractivity (Wildman–Crippen MR) is 38.0 cm³/mol. The molecule has 0 fully saturated rings. The summed E-state index contributed by atoms with van der Waals surface area (Å²) in [6, 6.07) is 8.54. The zero-order chi connectivity index (χ0) is 7.40. The van der Waals surface area contributed by atoms with Gasteiger partial charge in [0.1, 0.15) is 11.8 Å². The lowest BCUT2D eigenvalue weighted by molar-refractivity contribution is -0.430. The van der Waals surface area contributed by atoms with E-state index < -0.39 is 0 Å². The van der Waals surface area contributed by atoms with Crippen LogP contribution in [-0.2, 0) is 0 Å². The van der Waals surface area contributed by atoms with Gasteiger partial charge in [-0.05, 0) is 4.86 Å². The second-order valence-electron chi connectivity index (χ2n) is 1.68. The largest absolute Gasteiger partial charge is 0.593 e. The van der Waals surface area contributed by atoms with Crippen molar-refractivity contribution in [2.45, 2.75) is 0 Å². The summed E-state index contributed by atoms with van der Waals surface area (Å²) in [5, 5.41) is 10.6. The first-order valence-electron chi connectivity index (χ1n) is 2.69. The number of nitrogens with zero attached hydrogens (tertiary/aromatic N) is 2. The second kappa shape index (κ2) is 3.17. The van der Waals surface area contributed by atoms with Crippen molar-refractivity contribution < 1.29 is 4.86 Å². The summed E-state index contributed by atoms with van der Waals surface area (Å²) in [6.07, 6.45) is 0. The molecule has 0 radical (unpaired) electrons. The lowest BCUT2D eigenvalue weighted by Crippen LogP contribution is -1.86. The molecule has 1 aromatic rings. The number of halogens is 1. The molecule has 4 heteroatoms. The van der Waals surface area contributed by atoms with Gasteiger partial charge in [-0.1, -0.05) is 18.2 Å². The molecular formula is C6H5ClN2O. The van der Waals surface area contributed by atoms with Gasteiger partial charge >= 0.3 is 0 Å². The second-order valence-corrected chi connectivity index (χ2v) is 1.84. The van der Waals surface area contributed by atoms with Gasteiger partial charge in [0.15, 0.2) is 0 Å². The Balaban J connectivity index is 2.96. The lowest BCUT2D eigenvalue weighted by atomic mass is 10.3. The van der Waals surface area contributed by atoms with E-state index >= 15 is 0 Å². The molecule has 0 aliphatic rings. The summed E-state index contributed by atoms with van der Waals surface area (Å²) in [5.41, 5.74) is 0.428. The summed E-state index contributed by atoms with van der Waals surface area (Å²) in [5.74, 6) is 0. The van der Waals surface area contributed by atoms with E-state index in [4.69, 9.17) is 11.8 Å². The number of para-hydroxylation sites is 1. The summed E-state index contributed by atoms with van der Waals surface area (Å²) in [4.78, 5) is 0.349. The van der Waals surface area contributed by atoms with Crippen LogP contribution in [0.15, 0.2) is 35.0 Å². The van der Waals surface area contributed by atoms with E-state index in [2.05, 4.69) is 4.63 Å². The van der Waals surface area contributed by atoms with E-state index in [1.54, 1.807) is 24.3 Å². The molecule has 0 heterocycles. The monoisotopic (exact) mass is 156 g/mol. The quantitative estimate of drug-likeness (QED) is 0.350. The van der Waals surface area contributed by atoms with E-state index in [-0.39, 0.29) is 0 Å². The molecule has 1 rings (SSSR count). The van der Waals surface area contributed by atoms with Gasteiger partial charge in [0.25, 0.3) is 0 Å². The maximum atomic E-state index is 10.6. The van der Waals surface area contributed by atoms with Gasteiger partial charge in [-0.25, -0.2) is 0 Å². The summed E-state index contributed by atoms with van der Waals surface area (Å²) in [6.45, 7) is 0. The van der Waals surface area contributed by atoms with Crippen LogP contribution in [0.2, 0.25) is 0 Å². The van der Waals surface area contributed by atoms with Crippen LogP contribution in [0.1, 0.15) is 0 Å². The minimum Gasteiger partial charge on any atom is -0.593 e. The molecule has 0 aliphatic heterocycles. The number of benzene rings is 1. The first-order chi connectivity index (χ1) is 4.84. The van der Waals surface area contributed by atoms with Crippen molar-refractivity contribution in [3.05, 3.63) is 35.5 Å². The smallest absolute Gasteiger partial charge is 0.246 e. The van der Waals surface area contributed by atoms with Crippen LogP contribution in [0.5, 0.6) is 0 Å². The van der Waals surface area contributed by atoms with E-state index in [9.17, 15) is 5.21 Å². The lowest BCUT2D eigenvalue weighted by Gasteiger charge is -1.93. The van der Waals surface area contributed by atoms with Crippen molar-refractivity contribution >= 4 is 17.5 Å². The van der Waals surface area contributed by atoms with Crippen LogP contribution in [0, 0.1) is 5.21 Å². The standard InChI is InChI=1S/C6H5ClN2O/c7-8-9(10)6-4-2-1-3-5-6/h1-5H/b9-8-. The molecule has 0 bridgehead atoms.